The third kappa shape index (κ3) is 2.47. The molecule has 0 unspecified atom stereocenters. The summed E-state index contributed by atoms with van der Waals surface area (Å²) in [7, 11) is 3.27. The van der Waals surface area contributed by atoms with E-state index in [4.69, 9.17) is 9.47 Å². The summed E-state index contributed by atoms with van der Waals surface area (Å²) in [5.41, 5.74) is 0. The summed E-state index contributed by atoms with van der Waals surface area (Å²) >= 11 is 0. The van der Waals surface area contributed by atoms with Gasteiger partial charge in [0.15, 0.2) is 0 Å². The molecule has 3 heteroatoms. The molecule has 2 N–H and O–H groups in total. The van der Waals surface area contributed by atoms with Gasteiger partial charge in [0, 0.05) is 6.07 Å². The molecule has 0 radical (unpaired) electrons. The number of hydrogen-bond donors (Lipinski definition) is 0. The van der Waals surface area contributed by atoms with E-state index in [0.717, 1.165) is 11.5 Å². The minimum absolute atomic E-state index is 0. The Hall–Kier alpha value is -1.22. The molecule has 0 aliphatic heterocycles. The first-order chi connectivity index (χ1) is 4.86. The highest BCUT2D eigenvalue weighted by molar-refractivity contribution is 5.32. The summed E-state index contributed by atoms with van der Waals surface area (Å²) < 4.78 is 9.95. The van der Waals surface area contributed by atoms with Crippen molar-refractivity contribution in [2.24, 2.45) is 0 Å². The molecule has 0 spiro atoms. The highest BCUT2D eigenvalue weighted by atomic mass is 16.5. The second-order valence-electron chi connectivity index (χ2n) is 1.88. The smallest absolute Gasteiger partial charge is 0.122 e. The Balaban J connectivity index is 0.000001000. The summed E-state index contributed by atoms with van der Waals surface area (Å²) in [6.45, 7) is 0. The van der Waals surface area contributed by atoms with E-state index in [2.05, 4.69) is 0 Å². The maximum Gasteiger partial charge on any atom is 0.122 e. The van der Waals surface area contributed by atoms with Gasteiger partial charge >= 0.3 is 0 Å². The average Bonchev–Trinajstić information content (AvgIpc) is 2.05. The van der Waals surface area contributed by atoms with Crippen molar-refractivity contribution in [2.45, 2.75) is 0 Å². The van der Waals surface area contributed by atoms with E-state index in [1.54, 1.807) is 14.2 Å². The molecule has 0 aliphatic rings. The number of ether oxygens (including phenoxy) is 2. The van der Waals surface area contributed by atoms with Gasteiger partial charge in [-0.3, -0.25) is 0 Å². The fraction of sp³-hybridized carbons (Fsp3) is 0.250. The molecule has 0 bridgehead atoms. The first-order valence-corrected chi connectivity index (χ1v) is 3.05. The topological polar surface area (TPSA) is 50.0 Å². The highest BCUT2D eigenvalue weighted by Crippen LogP contribution is 2.17. The lowest BCUT2D eigenvalue weighted by Gasteiger charge is -2.01. The van der Waals surface area contributed by atoms with E-state index in [1.165, 1.54) is 0 Å². The molecule has 11 heavy (non-hydrogen) atoms. The molecule has 1 aromatic carbocycles. The van der Waals surface area contributed by atoms with Crippen LogP contribution in [-0.4, -0.2) is 19.7 Å². The summed E-state index contributed by atoms with van der Waals surface area (Å²) in [6.07, 6.45) is 0. The lowest BCUT2D eigenvalue weighted by Crippen LogP contribution is -1.84. The molecule has 1 rings (SSSR count). The van der Waals surface area contributed by atoms with Crippen LogP contribution in [0.4, 0.5) is 0 Å². The predicted octanol–water partition coefficient (Wildman–Crippen LogP) is 0.879. The molecule has 0 saturated carbocycles. The van der Waals surface area contributed by atoms with Crippen molar-refractivity contribution in [3.8, 4) is 11.5 Å². The fourth-order valence-electron chi connectivity index (χ4n) is 0.728. The van der Waals surface area contributed by atoms with Crippen molar-refractivity contribution >= 4 is 0 Å². The van der Waals surface area contributed by atoms with E-state index >= 15 is 0 Å². The van der Waals surface area contributed by atoms with Gasteiger partial charge in [0.25, 0.3) is 0 Å². The second-order valence-corrected chi connectivity index (χ2v) is 1.88. The molecular weight excluding hydrogens is 144 g/mol. The molecule has 0 atom stereocenters. The van der Waals surface area contributed by atoms with Gasteiger partial charge in [-0.2, -0.15) is 0 Å². The standard InChI is InChI=1S/C8H10O2.H2O/c1-9-7-4-3-5-8(6-7)10-2;/h3-6H,1-2H3;1H2. The maximum absolute atomic E-state index is 4.98. The first-order valence-electron chi connectivity index (χ1n) is 3.05. The zero-order valence-electron chi connectivity index (χ0n) is 6.63. The molecule has 0 heterocycles. The lowest BCUT2D eigenvalue weighted by atomic mass is 10.3. The Kier molecular flexibility index (Phi) is 4.07. The van der Waals surface area contributed by atoms with E-state index in [0.29, 0.717) is 0 Å². The van der Waals surface area contributed by atoms with E-state index < -0.39 is 0 Å². The van der Waals surface area contributed by atoms with Gasteiger partial charge in [0.05, 0.1) is 14.2 Å². The molecule has 0 amide bonds. The summed E-state index contributed by atoms with van der Waals surface area (Å²) in [5, 5.41) is 0. The molecule has 0 aliphatic carbocycles. The van der Waals surface area contributed by atoms with E-state index in [1.807, 2.05) is 24.3 Å². The van der Waals surface area contributed by atoms with Crippen molar-refractivity contribution < 1.29 is 14.9 Å². The lowest BCUT2D eigenvalue weighted by molar-refractivity contribution is 0.394. The van der Waals surface area contributed by atoms with Crippen LogP contribution in [0, 0.1) is 0 Å². The number of rotatable bonds is 2. The highest BCUT2D eigenvalue weighted by Gasteiger charge is 1.91. The second kappa shape index (κ2) is 4.57. The van der Waals surface area contributed by atoms with Gasteiger partial charge in [-0.15, -0.1) is 0 Å². The molecular formula is C8H12O3. The Labute approximate surface area is 65.9 Å². The Morgan fingerprint density at radius 1 is 1.00 bits per heavy atom. The normalized spacial score (nSPS) is 8.18. The van der Waals surface area contributed by atoms with Gasteiger partial charge in [-0.05, 0) is 12.1 Å². The van der Waals surface area contributed by atoms with Gasteiger partial charge in [-0.25, -0.2) is 0 Å². The first kappa shape index (κ1) is 9.78. The third-order valence-electron chi connectivity index (χ3n) is 1.28. The van der Waals surface area contributed by atoms with Crippen LogP contribution in [0.3, 0.4) is 0 Å². The summed E-state index contributed by atoms with van der Waals surface area (Å²) in [4.78, 5) is 0. The van der Waals surface area contributed by atoms with Gasteiger partial charge in [0.2, 0.25) is 0 Å². The van der Waals surface area contributed by atoms with E-state index in [-0.39, 0.29) is 5.48 Å². The zero-order valence-corrected chi connectivity index (χ0v) is 6.63. The van der Waals surface area contributed by atoms with Crippen molar-refractivity contribution in [1.29, 1.82) is 0 Å². The third-order valence-corrected chi connectivity index (χ3v) is 1.28. The van der Waals surface area contributed by atoms with Gasteiger partial charge in [-0.1, -0.05) is 6.07 Å². The van der Waals surface area contributed by atoms with Crippen molar-refractivity contribution in [2.75, 3.05) is 14.2 Å². The summed E-state index contributed by atoms with van der Waals surface area (Å²) in [5.74, 6) is 1.64. The number of hydrogen-bond acceptors (Lipinski definition) is 2. The molecule has 1 aromatic rings. The van der Waals surface area contributed by atoms with Crippen LogP contribution in [-0.2, 0) is 0 Å². The zero-order chi connectivity index (χ0) is 7.40. The van der Waals surface area contributed by atoms with Crippen LogP contribution in [0.25, 0.3) is 0 Å². The SMILES string of the molecule is COc1cccc(OC)c1.O. The van der Waals surface area contributed by atoms with Gasteiger partial charge < -0.3 is 14.9 Å². The average molecular weight is 156 g/mol. The van der Waals surface area contributed by atoms with Crippen LogP contribution < -0.4 is 9.47 Å². The van der Waals surface area contributed by atoms with Crippen molar-refractivity contribution in [3.05, 3.63) is 24.3 Å². The number of methoxy groups -OCH3 is 2. The Morgan fingerprint density at radius 2 is 1.45 bits per heavy atom. The van der Waals surface area contributed by atoms with Crippen molar-refractivity contribution in [3.63, 3.8) is 0 Å². The molecule has 0 aromatic heterocycles. The molecule has 0 saturated heterocycles. The maximum atomic E-state index is 4.98. The van der Waals surface area contributed by atoms with Crippen LogP contribution in [0.1, 0.15) is 0 Å². The number of benzene rings is 1. The largest absolute Gasteiger partial charge is 0.497 e. The molecule has 62 valence electrons. The van der Waals surface area contributed by atoms with Gasteiger partial charge in [0.1, 0.15) is 11.5 Å². The minimum atomic E-state index is 0. The Bertz CT molecular complexity index is 191. The molecule has 0 fully saturated rings. The van der Waals surface area contributed by atoms with Crippen LogP contribution in [0.15, 0.2) is 24.3 Å². The molecule has 3 nitrogen and oxygen atoms in total. The minimum Gasteiger partial charge on any atom is -0.497 e. The van der Waals surface area contributed by atoms with Crippen LogP contribution >= 0.6 is 0 Å². The quantitative estimate of drug-likeness (QED) is 0.638. The van der Waals surface area contributed by atoms with Crippen molar-refractivity contribution in [1.82, 2.24) is 0 Å². The predicted molar refractivity (Wildman–Crippen MR) is 43.2 cm³/mol. The monoisotopic (exact) mass is 156 g/mol. The fourth-order valence-corrected chi connectivity index (χ4v) is 0.728. The van der Waals surface area contributed by atoms with Crippen LogP contribution in [0.2, 0.25) is 0 Å². The van der Waals surface area contributed by atoms with E-state index in [9.17, 15) is 0 Å². The van der Waals surface area contributed by atoms with Crippen LogP contribution in [0.5, 0.6) is 11.5 Å². The Morgan fingerprint density at radius 3 is 1.82 bits per heavy atom. The summed E-state index contributed by atoms with van der Waals surface area (Å²) in [6, 6.07) is 7.47.